The van der Waals surface area contributed by atoms with E-state index in [4.69, 9.17) is 5.11 Å². The minimum atomic E-state index is -0.773. The molecule has 30 heavy (non-hydrogen) atoms. The molecule has 172 valence electrons. The van der Waals surface area contributed by atoms with Crippen molar-refractivity contribution in [3.8, 4) is 0 Å². The summed E-state index contributed by atoms with van der Waals surface area (Å²) in [6.07, 6.45) is 2.63. The summed E-state index contributed by atoms with van der Waals surface area (Å²) in [5.74, 6) is 0.307. The monoisotopic (exact) mass is 424 g/mol. The first-order valence-electron chi connectivity index (χ1n) is 11.9. The van der Waals surface area contributed by atoms with E-state index in [1.54, 1.807) is 0 Å². The maximum Gasteiger partial charge on any atom is 0.303 e. The molecule has 0 aromatic heterocycles. The molecule has 0 saturated heterocycles. The first-order valence-corrected chi connectivity index (χ1v) is 11.9. The average Bonchev–Trinajstić information content (AvgIpc) is 3.02. The van der Waals surface area contributed by atoms with Crippen LogP contribution in [0, 0.1) is 46.3 Å². The van der Waals surface area contributed by atoms with E-state index in [1.165, 1.54) is 0 Å². The smallest absolute Gasteiger partial charge is 0.303 e. The van der Waals surface area contributed by atoms with Crippen LogP contribution in [-0.2, 0) is 4.79 Å². The summed E-state index contributed by atoms with van der Waals surface area (Å²) < 4.78 is 0. The number of aliphatic hydroxyl groups excluding tert-OH is 4. The first kappa shape index (κ1) is 22.5. The van der Waals surface area contributed by atoms with Crippen LogP contribution >= 0.6 is 0 Å². The van der Waals surface area contributed by atoms with E-state index in [-0.39, 0.29) is 52.8 Å². The van der Waals surface area contributed by atoms with Crippen molar-refractivity contribution < 1.29 is 30.3 Å². The Morgan fingerprint density at radius 3 is 2.30 bits per heavy atom. The number of rotatable bonds is 4. The van der Waals surface area contributed by atoms with Crippen molar-refractivity contribution >= 4 is 5.97 Å². The summed E-state index contributed by atoms with van der Waals surface area (Å²) in [5.41, 5.74) is -0.492. The number of aliphatic carboxylic acids is 1. The third-order valence-corrected chi connectivity index (χ3v) is 10.4. The van der Waals surface area contributed by atoms with Gasteiger partial charge in [-0.2, -0.15) is 0 Å². The fraction of sp³-hybridized carbons (Fsp3) is 0.958. The molecule has 4 aliphatic rings. The van der Waals surface area contributed by atoms with E-state index in [9.17, 15) is 25.2 Å². The van der Waals surface area contributed by atoms with Gasteiger partial charge in [0.25, 0.3) is 0 Å². The molecule has 4 aliphatic carbocycles. The fourth-order valence-electron chi connectivity index (χ4n) is 8.72. The van der Waals surface area contributed by atoms with E-state index in [0.29, 0.717) is 32.1 Å². The molecule has 5 N–H and O–H groups in total. The lowest BCUT2D eigenvalue weighted by Crippen LogP contribution is -2.63. The summed E-state index contributed by atoms with van der Waals surface area (Å²) in [5, 5.41) is 52.5. The second-order valence-electron chi connectivity index (χ2n) is 11.6. The van der Waals surface area contributed by atoms with Crippen LogP contribution in [0.4, 0.5) is 0 Å². The van der Waals surface area contributed by atoms with Crippen molar-refractivity contribution in [2.24, 2.45) is 46.3 Å². The van der Waals surface area contributed by atoms with Crippen LogP contribution in [0.5, 0.6) is 0 Å². The molecule has 6 nitrogen and oxygen atoms in total. The molecule has 4 saturated carbocycles. The van der Waals surface area contributed by atoms with Crippen LogP contribution in [0.3, 0.4) is 0 Å². The lowest BCUT2D eigenvalue weighted by Gasteiger charge is -2.64. The van der Waals surface area contributed by atoms with Gasteiger partial charge in [0.1, 0.15) is 0 Å². The molecule has 0 bridgehead atoms. The van der Waals surface area contributed by atoms with E-state index in [2.05, 4.69) is 20.8 Å². The molecule has 0 aliphatic heterocycles. The summed E-state index contributed by atoms with van der Waals surface area (Å²) in [6.45, 7) is 6.50. The molecule has 4 rings (SSSR count). The Kier molecular flexibility index (Phi) is 5.79. The van der Waals surface area contributed by atoms with Crippen LogP contribution < -0.4 is 0 Å². The van der Waals surface area contributed by atoms with Crippen LogP contribution in [0.15, 0.2) is 0 Å². The molecule has 4 fully saturated rings. The third-order valence-electron chi connectivity index (χ3n) is 10.4. The van der Waals surface area contributed by atoms with Gasteiger partial charge in [-0.25, -0.2) is 0 Å². The number of hydrogen-bond donors (Lipinski definition) is 5. The minimum Gasteiger partial charge on any atom is -0.481 e. The topological polar surface area (TPSA) is 118 Å². The van der Waals surface area contributed by atoms with Crippen LogP contribution in [-0.4, -0.2) is 55.9 Å². The van der Waals surface area contributed by atoms with Crippen molar-refractivity contribution in [3.63, 3.8) is 0 Å². The second-order valence-corrected chi connectivity index (χ2v) is 11.6. The second kappa shape index (κ2) is 7.72. The zero-order valence-corrected chi connectivity index (χ0v) is 18.6. The summed E-state index contributed by atoms with van der Waals surface area (Å²) >= 11 is 0. The normalized spacial score (nSPS) is 54.0. The fourth-order valence-corrected chi connectivity index (χ4v) is 8.72. The van der Waals surface area contributed by atoms with Crippen molar-refractivity contribution in [2.45, 2.75) is 96.6 Å². The zero-order chi connectivity index (χ0) is 22.0. The molecule has 5 unspecified atom stereocenters. The predicted octanol–water partition coefficient (Wildman–Crippen LogP) is 2.42. The predicted molar refractivity (Wildman–Crippen MR) is 111 cm³/mol. The Labute approximate surface area is 179 Å². The standard InChI is InChI=1S/C24H40O6/c1-12(4-7-21(29)30)14-5-6-15-22-16(10-20(28)24(14,15)3)23(2)11-19(27)17(25)8-13(23)9-18(22)26/h12-20,22,25-28H,4-11H2,1-3H3,(H,29,30)/t12-,13-,14?,15?,16?,17-,18?,19-,20-,22?,23-,24+/m0/s1. The van der Waals surface area contributed by atoms with E-state index < -0.39 is 30.4 Å². The number of carboxylic acids is 1. The van der Waals surface area contributed by atoms with E-state index in [0.717, 1.165) is 12.8 Å². The van der Waals surface area contributed by atoms with Crippen molar-refractivity contribution in [3.05, 3.63) is 0 Å². The minimum absolute atomic E-state index is 0.0961. The lowest BCUT2D eigenvalue weighted by atomic mass is 9.43. The SMILES string of the molecule is C[C@@H](CCC(=O)O)C1CCC2C3C(O)C[C@@H]4C[C@H](O)[C@@H](O)C[C@]4(C)C3C[C@H](O)[C@@]21C. The largest absolute Gasteiger partial charge is 0.481 e. The van der Waals surface area contributed by atoms with Crippen molar-refractivity contribution in [1.82, 2.24) is 0 Å². The van der Waals surface area contributed by atoms with E-state index in [1.807, 2.05) is 0 Å². The van der Waals surface area contributed by atoms with Gasteiger partial charge in [0, 0.05) is 6.42 Å². The van der Waals surface area contributed by atoms with Gasteiger partial charge in [0.05, 0.1) is 24.4 Å². The van der Waals surface area contributed by atoms with Gasteiger partial charge >= 0.3 is 5.97 Å². The molecular weight excluding hydrogens is 384 g/mol. The number of carboxylic acid groups (broad SMARTS) is 1. The number of fused-ring (bicyclic) bond motifs is 5. The molecule has 0 radical (unpaired) electrons. The molecule has 0 heterocycles. The van der Waals surface area contributed by atoms with Crippen LogP contribution in [0.25, 0.3) is 0 Å². The lowest BCUT2D eigenvalue weighted by molar-refractivity contribution is -0.219. The van der Waals surface area contributed by atoms with Crippen molar-refractivity contribution in [2.75, 3.05) is 0 Å². The van der Waals surface area contributed by atoms with Gasteiger partial charge in [-0.15, -0.1) is 0 Å². The van der Waals surface area contributed by atoms with Gasteiger partial charge in [-0.05, 0) is 91.3 Å². The number of carbonyl (C=O) groups is 1. The van der Waals surface area contributed by atoms with Crippen molar-refractivity contribution in [1.29, 1.82) is 0 Å². The maximum absolute atomic E-state index is 11.5. The van der Waals surface area contributed by atoms with Crippen LogP contribution in [0.2, 0.25) is 0 Å². The highest BCUT2D eigenvalue weighted by Crippen LogP contribution is 2.68. The molecule has 0 aromatic rings. The first-order chi connectivity index (χ1) is 14.0. The quantitative estimate of drug-likeness (QED) is 0.473. The van der Waals surface area contributed by atoms with Gasteiger partial charge in [0.2, 0.25) is 0 Å². The highest BCUT2D eigenvalue weighted by atomic mass is 16.4. The number of aliphatic hydroxyl groups is 4. The van der Waals surface area contributed by atoms with Gasteiger partial charge < -0.3 is 25.5 Å². The molecule has 0 spiro atoms. The number of hydrogen-bond acceptors (Lipinski definition) is 5. The summed E-state index contributed by atoms with van der Waals surface area (Å²) in [7, 11) is 0. The zero-order valence-electron chi connectivity index (χ0n) is 18.6. The Balaban J connectivity index is 1.62. The van der Waals surface area contributed by atoms with Gasteiger partial charge in [-0.3, -0.25) is 4.79 Å². The average molecular weight is 425 g/mol. The molecular formula is C24H40O6. The van der Waals surface area contributed by atoms with Crippen LogP contribution in [0.1, 0.15) is 72.1 Å². The van der Waals surface area contributed by atoms with Gasteiger partial charge in [-0.1, -0.05) is 20.8 Å². The molecule has 12 atom stereocenters. The Morgan fingerprint density at radius 2 is 1.63 bits per heavy atom. The van der Waals surface area contributed by atoms with Gasteiger partial charge in [0.15, 0.2) is 0 Å². The third kappa shape index (κ3) is 3.25. The highest BCUT2D eigenvalue weighted by Gasteiger charge is 2.66. The Morgan fingerprint density at radius 1 is 0.967 bits per heavy atom. The molecule has 6 heteroatoms. The molecule has 0 amide bonds. The summed E-state index contributed by atoms with van der Waals surface area (Å²) in [4.78, 5) is 11.1. The summed E-state index contributed by atoms with van der Waals surface area (Å²) in [6, 6.07) is 0. The Bertz CT molecular complexity index is 668. The van der Waals surface area contributed by atoms with E-state index >= 15 is 0 Å². The Hall–Kier alpha value is -0.690. The maximum atomic E-state index is 11.5. The molecule has 0 aromatic carbocycles. The highest BCUT2D eigenvalue weighted by molar-refractivity contribution is 5.66.